The predicted molar refractivity (Wildman–Crippen MR) is 319 cm³/mol. The van der Waals surface area contributed by atoms with E-state index >= 15 is 0 Å². The number of hydrogen-bond acceptors (Lipinski definition) is 0. The van der Waals surface area contributed by atoms with Crippen LogP contribution in [0.2, 0.25) is 0 Å². The number of rotatable bonds is 47. The molecule has 1 heterocycles. The molecule has 0 spiro atoms. The second kappa shape index (κ2) is 46.2. The number of aryl methyl sites for hydroxylation is 2. The summed E-state index contributed by atoms with van der Waals surface area (Å²) in [5.74, 6) is 14.0. The van der Waals surface area contributed by atoms with E-state index < -0.39 is 0 Å². The number of unbranched alkanes of at least 4 members (excludes halogenated alkanes) is 39. The largest absolute Gasteiger partial charge is 0.493 e. The fourth-order valence-electron chi connectivity index (χ4n) is 10.9. The standard InChI is InChI=1S/C70H112N2/c1-4-7-10-12-14-16-18-20-22-24-26-28-30-32-34-36-38-40-42-44-46-48-50-57-64-59-52-54-61-67(64)69-63-66(56-9-6-3)70(72(69)71)68-62-55-53-60-65(68)58-51-49-47-45-43-41-39-37-35-33-31-29-27-25-23-21-19-17-15-13-11-8-5-2/h52-55,59-63H,4-45,50-51,56-58H2,1-3H3. The summed E-state index contributed by atoms with van der Waals surface area (Å²) >= 11 is 0. The zero-order valence-corrected chi connectivity index (χ0v) is 47.8. The zero-order chi connectivity index (χ0) is 51.0. The van der Waals surface area contributed by atoms with Crippen molar-refractivity contribution < 1.29 is 4.70 Å². The van der Waals surface area contributed by atoms with Crippen LogP contribution in [0.5, 0.6) is 0 Å². The van der Waals surface area contributed by atoms with E-state index in [-0.39, 0.29) is 0 Å². The molecule has 0 amide bonds. The lowest BCUT2D eigenvalue weighted by Gasteiger charge is -2.14. The van der Waals surface area contributed by atoms with E-state index in [2.05, 4.69) is 99.1 Å². The van der Waals surface area contributed by atoms with Gasteiger partial charge in [-0.2, -0.15) is 0 Å². The molecule has 72 heavy (non-hydrogen) atoms. The van der Waals surface area contributed by atoms with Crippen LogP contribution < -0.4 is 0 Å². The molecular formula is C70H112N2. The average Bonchev–Trinajstić information content (AvgIpc) is 3.73. The van der Waals surface area contributed by atoms with Gasteiger partial charge < -0.3 is 5.53 Å². The van der Waals surface area contributed by atoms with Crippen molar-refractivity contribution in [2.45, 2.75) is 323 Å². The molecule has 0 fully saturated rings. The van der Waals surface area contributed by atoms with Crippen molar-refractivity contribution in [2.75, 3.05) is 0 Å². The van der Waals surface area contributed by atoms with E-state index in [1.54, 1.807) is 0 Å². The van der Waals surface area contributed by atoms with Crippen molar-refractivity contribution in [3.63, 3.8) is 0 Å². The highest BCUT2D eigenvalue weighted by Crippen LogP contribution is 2.40. The second-order valence-electron chi connectivity index (χ2n) is 22.1. The monoisotopic (exact) mass is 981 g/mol. The Labute approximate surface area is 448 Å². The lowest BCUT2D eigenvalue weighted by molar-refractivity contribution is -0.344. The second-order valence-corrected chi connectivity index (χ2v) is 22.1. The first-order valence-corrected chi connectivity index (χ1v) is 31.7. The predicted octanol–water partition coefficient (Wildman–Crippen LogP) is 23.2. The fourth-order valence-corrected chi connectivity index (χ4v) is 10.9. The topological polar surface area (TPSA) is 25.3 Å². The molecule has 0 N–H and O–H groups in total. The number of allylic oxidation sites excluding steroid dienone is 2. The number of benzene rings is 2. The van der Waals surface area contributed by atoms with Gasteiger partial charge in [-0.25, -0.2) is 4.70 Å². The molecule has 0 radical (unpaired) electrons. The molecule has 2 aromatic rings. The van der Waals surface area contributed by atoms with Gasteiger partial charge >= 0.3 is 0 Å². The van der Waals surface area contributed by atoms with Gasteiger partial charge in [-0.05, 0) is 61.8 Å². The van der Waals surface area contributed by atoms with E-state index in [1.165, 1.54) is 265 Å². The lowest BCUT2D eigenvalue weighted by atomic mass is 9.96. The van der Waals surface area contributed by atoms with Gasteiger partial charge in [0.05, 0.1) is 0 Å². The Bertz CT molecular complexity index is 1820. The maximum atomic E-state index is 12.0. The summed E-state index contributed by atoms with van der Waals surface area (Å²) in [6, 6.07) is 17.3. The van der Waals surface area contributed by atoms with Crippen LogP contribution in [-0.2, 0) is 12.8 Å². The Kier molecular flexibility index (Phi) is 40.4. The average molecular weight is 982 g/mol. The van der Waals surface area contributed by atoms with Crippen LogP contribution in [0.3, 0.4) is 0 Å². The molecule has 2 heteroatoms. The van der Waals surface area contributed by atoms with Crippen LogP contribution in [0.25, 0.3) is 16.9 Å². The maximum absolute atomic E-state index is 12.0. The summed E-state index contributed by atoms with van der Waals surface area (Å²) in [6.07, 6.45) is 64.6. The molecule has 1 aliphatic heterocycles. The molecule has 0 unspecified atom stereocenters. The van der Waals surface area contributed by atoms with Gasteiger partial charge in [0.15, 0.2) is 0 Å². The zero-order valence-electron chi connectivity index (χ0n) is 47.8. The van der Waals surface area contributed by atoms with Gasteiger partial charge in [-0.3, -0.25) is 0 Å². The van der Waals surface area contributed by atoms with Gasteiger partial charge in [0.2, 0.25) is 11.4 Å². The van der Waals surface area contributed by atoms with Gasteiger partial charge in [0.25, 0.3) is 0 Å². The van der Waals surface area contributed by atoms with Crippen LogP contribution in [0, 0.1) is 23.7 Å². The highest BCUT2D eigenvalue weighted by molar-refractivity contribution is 5.80. The van der Waals surface area contributed by atoms with E-state index in [0.29, 0.717) is 0 Å². The first-order valence-electron chi connectivity index (χ1n) is 31.7. The van der Waals surface area contributed by atoms with Crippen molar-refractivity contribution in [3.05, 3.63) is 88.0 Å². The van der Waals surface area contributed by atoms with E-state index in [9.17, 15) is 5.53 Å². The fraction of sp³-hybridized carbons (Fsp3) is 0.714. The molecule has 0 saturated carbocycles. The number of hydrogen-bond donors (Lipinski definition) is 0. The number of nitrogens with zero attached hydrogens (tertiary/aromatic N) is 2. The normalized spacial score (nSPS) is 12.3. The molecule has 0 saturated heterocycles. The van der Waals surface area contributed by atoms with Crippen LogP contribution in [-0.4, -0.2) is 4.70 Å². The molecule has 2 aromatic carbocycles. The maximum Gasteiger partial charge on any atom is 0.211 e. The molecule has 0 atom stereocenters. The Hall–Kier alpha value is -3.36. The van der Waals surface area contributed by atoms with E-state index in [1.807, 2.05) is 0 Å². The minimum atomic E-state index is 0.848. The van der Waals surface area contributed by atoms with E-state index in [4.69, 9.17) is 0 Å². The van der Waals surface area contributed by atoms with Crippen molar-refractivity contribution in [2.24, 2.45) is 0 Å². The van der Waals surface area contributed by atoms with Crippen molar-refractivity contribution >= 4 is 11.4 Å². The summed E-state index contributed by atoms with van der Waals surface area (Å²) in [6.45, 7) is 6.86. The Morgan fingerprint density at radius 3 is 0.972 bits per heavy atom. The van der Waals surface area contributed by atoms with Crippen LogP contribution in [0.15, 0.2) is 60.2 Å². The van der Waals surface area contributed by atoms with Gasteiger partial charge in [0.1, 0.15) is 0 Å². The summed E-state index contributed by atoms with van der Waals surface area (Å²) in [5.41, 5.74) is 19.9. The molecule has 3 rings (SSSR count). The van der Waals surface area contributed by atoms with Gasteiger partial charge in [0, 0.05) is 48.5 Å². The molecule has 0 aromatic heterocycles. The van der Waals surface area contributed by atoms with Gasteiger partial charge in [-0.1, -0.05) is 295 Å². The summed E-state index contributed by atoms with van der Waals surface area (Å²) < 4.78 is 1.50. The molecule has 402 valence electrons. The summed E-state index contributed by atoms with van der Waals surface area (Å²) in [7, 11) is 0. The molecular weight excluding hydrogens is 869 g/mol. The smallest absolute Gasteiger partial charge is 0.211 e. The highest BCUT2D eigenvalue weighted by atomic mass is 15.2. The van der Waals surface area contributed by atoms with E-state index in [0.717, 1.165) is 80.3 Å². The molecule has 0 aliphatic carbocycles. The lowest BCUT2D eigenvalue weighted by Crippen LogP contribution is -2.06. The van der Waals surface area contributed by atoms with Crippen molar-refractivity contribution in [3.8, 4) is 23.7 Å². The summed E-state index contributed by atoms with van der Waals surface area (Å²) in [4.78, 5) is 0. The Morgan fingerprint density at radius 1 is 0.319 bits per heavy atom. The first kappa shape index (κ1) is 62.9. The Balaban J connectivity index is 1.28. The van der Waals surface area contributed by atoms with Crippen molar-refractivity contribution in [1.82, 2.24) is 0 Å². The molecule has 0 bridgehead atoms. The third-order valence-electron chi connectivity index (χ3n) is 15.5. The third kappa shape index (κ3) is 30.7. The van der Waals surface area contributed by atoms with Crippen LogP contribution in [0.1, 0.15) is 332 Å². The third-order valence-corrected chi connectivity index (χ3v) is 15.5. The van der Waals surface area contributed by atoms with Gasteiger partial charge in [-0.15, -0.1) is 23.7 Å². The first-order chi connectivity index (χ1) is 35.7. The van der Waals surface area contributed by atoms with Crippen LogP contribution >= 0.6 is 0 Å². The SMILES string of the molecule is CCCCCCCCCCCCCCCCCCCCCC#CCCc1ccccc1C1=CC(CCCC)=C(c2ccccc2CCC#CCCCCCCCCCCCCCCCCCCCCC)[N+]1=[N-]. The minimum Gasteiger partial charge on any atom is -0.493 e. The molecule has 2 nitrogen and oxygen atoms in total. The highest BCUT2D eigenvalue weighted by Gasteiger charge is 2.31. The quantitative estimate of drug-likeness (QED) is 0.0359. The summed E-state index contributed by atoms with van der Waals surface area (Å²) in [5, 5.41) is 0. The Morgan fingerprint density at radius 2 is 0.611 bits per heavy atom. The van der Waals surface area contributed by atoms with Crippen LogP contribution in [0.4, 0.5) is 0 Å². The van der Waals surface area contributed by atoms with Crippen molar-refractivity contribution in [1.29, 1.82) is 0 Å². The molecule has 1 aliphatic rings. The minimum absolute atomic E-state index is 0.848.